The van der Waals surface area contributed by atoms with Gasteiger partial charge in [-0.2, -0.15) is 5.10 Å². The van der Waals surface area contributed by atoms with Gasteiger partial charge in [0, 0.05) is 48.0 Å². The van der Waals surface area contributed by atoms with Gasteiger partial charge in [-0.25, -0.2) is 24.3 Å². The molecule has 0 saturated carbocycles. The normalized spacial score (nSPS) is 11.5. The van der Waals surface area contributed by atoms with Crippen LogP contribution in [0.4, 0.5) is 4.39 Å². The van der Waals surface area contributed by atoms with Gasteiger partial charge in [0.25, 0.3) is 0 Å². The highest BCUT2D eigenvalue weighted by atomic mass is 19.1. The third-order valence-corrected chi connectivity index (χ3v) is 5.58. The summed E-state index contributed by atoms with van der Waals surface area (Å²) >= 11 is 0. The minimum absolute atomic E-state index is 0.307. The molecule has 0 aliphatic carbocycles. The van der Waals surface area contributed by atoms with Crippen molar-refractivity contribution in [1.82, 2.24) is 45.4 Å². The number of fused-ring (bicyclic) bond motifs is 2. The molecular weight excluding hydrogens is 433 g/mol. The van der Waals surface area contributed by atoms with Gasteiger partial charge in [-0.05, 0) is 42.4 Å². The van der Waals surface area contributed by atoms with Crippen molar-refractivity contribution in [1.29, 1.82) is 0 Å². The topological polar surface area (TPSA) is 121 Å². The lowest BCUT2D eigenvalue weighted by atomic mass is 10.0. The quantitative estimate of drug-likeness (QED) is 0.364. The Labute approximate surface area is 192 Å². The second-order valence-electron chi connectivity index (χ2n) is 7.87. The molecule has 0 radical (unpaired) electrons. The van der Waals surface area contributed by atoms with Crippen molar-refractivity contribution in [3.05, 3.63) is 73.0 Å². The maximum absolute atomic E-state index is 14.3. The highest BCUT2D eigenvalue weighted by Crippen LogP contribution is 2.32. The SMILES string of the molecule is CNCc1cc(F)cc(-c2cncc3[nH]c(-c4[nH]nc5ncc(-c6cncnc6)cc45)nc23)c1. The molecular formula is C24H18FN9. The first-order valence-electron chi connectivity index (χ1n) is 10.6. The molecule has 0 fully saturated rings. The van der Waals surface area contributed by atoms with Gasteiger partial charge in [0.05, 0.1) is 22.6 Å². The smallest absolute Gasteiger partial charge is 0.181 e. The summed E-state index contributed by atoms with van der Waals surface area (Å²) in [7, 11) is 1.83. The van der Waals surface area contributed by atoms with Gasteiger partial charge in [0.1, 0.15) is 17.8 Å². The number of imidazole rings is 1. The summed E-state index contributed by atoms with van der Waals surface area (Å²) in [5.74, 6) is 0.278. The summed E-state index contributed by atoms with van der Waals surface area (Å²) in [5, 5.41) is 11.2. The molecule has 6 rings (SSSR count). The third kappa shape index (κ3) is 3.46. The zero-order valence-corrected chi connectivity index (χ0v) is 18.0. The molecule has 3 N–H and O–H groups in total. The number of nitrogens with one attached hydrogen (secondary N) is 3. The molecule has 0 spiro atoms. The third-order valence-electron chi connectivity index (χ3n) is 5.58. The number of benzene rings is 1. The number of aromatic nitrogens is 8. The van der Waals surface area contributed by atoms with Gasteiger partial charge in [-0.3, -0.25) is 10.1 Å². The summed E-state index contributed by atoms with van der Waals surface area (Å²) in [6, 6.07) is 6.92. The number of halogens is 1. The molecule has 0 saturated heterocycles. The van der Waals surface area contributed by atoms with Crippen LogP contribution in [-0.2, 0) is 6.54 Å². The number of rotatable bonds is 5. The van der Waals surface area contributed by atoms with E-state index >= 15 is 0 Å². The first-order chi connectivity index (χ1) is 16.7. The van der Waals surface area contributed by atoms with Crippen molar-refractivity contribution in [2.75, 3.05) is 7.05 Å². The Bertz CT molecular complexity index is 1640. The summed E-state index contributed by atoms with van der Waals surface area (Å²) in [6.07, 6.45) is 10.1. The lowest BCUT2D eigenvalue weighted by molar-refractivity contribution is 0.624. The molecule has 0 atom stereocenters. The number of H-pyrrole nitrogens is 2. The molecule has 0 aliphatic heterocycles. The Morgan fingerprint density at radius 1 is 0.912 bits per heavy atom. The van der Waals surface area contributed by atoms with E-state index in [1.165, 1.54) is 18.5 Å². The number of hydrogen-bond donors (Lipinski definition) is 3. The van der Waals surface area contributed by atoms with Gasteiger partial charge in [-0.15, -0.1) is 0 Å². The Balaban J connectivity index is 1.48. The average molecular weight is 451 g/mol. The van der Waals surface area contributed by atoms with Crippen molar-refractivity contribution in [3.8, 4) is 33.8 Å². The number of pyridine rings is 2. The summed E-state index contributed by atoms with van der Waals surface area (Å²) < 4.78 is 14.3. The molecule has 9 nitrogen and oxygen atoms in total. The molecule has 166 valence electrons. The van der Waals surface area contributed by atoms with E-state index in [2.05, 4.69) is 40.4 Å². The van der Waals surface area contributed by atoms with Crippen LogP contribution in [0.2, 0.25) is 0 Å². The Morgan fingerprint density at radius 3 is 2.65 bits per heavy atom. The van der Waals surface area contributed by atoms with E-state index in [-0.39, 0.29) is 5.82 Å². The monoisotopic (exact) mass is 451 g/mol. The molecule has 5 aromatic heterocycles. The van der Waals surface area contributed by atoms with Crippen molar-refractivity contribution in [3.63, 3.8) is 0 Å². The predicted molar refractivity (Wildman–Crippen MR) is 126 cm³/mol. The molecule has 34 heavy (non-hydrogen) atoms. The highest BCUT2D eigenvalue weighted by Gasteiger charge is 2.17. The Kier molecular flexibility index (Phi) is 4.77. The van der Waals surface area contributed by atoms with Gasteiger partial charge in [0.15, 0.2) is 11.5 Å². The van der Waals surface area contributed by atoms with E-state index in [0.717, 1.165) is 33.2 Å². The lowest BCUT2D eigenvalue weighted by Gasteiger charge is -2.06. The van der Waals surface area contributed by atoms with Gasteiger partial charge < -0.3 is 10.3 Å². The van der Waals surface area contributed by atoms with Crippen LogP contribution in [0.25, 0.3) is 55.8 Å². The van der Waals surface area contributed by atoms with Crippen LogP contribution >= 0.6 is 0 Å². The molecule has 0 amide bonds. The van der Waals surface area contributed by atoms with Crippen LogP contribution < -0.4 is 5.32 Å². The van der Waals surface area contributed by atoms with E-state index in [9.17, 15) is 4.39 Å². The number of nitrogens with zero attached hydrogens (tertiary/aromatic N) is 6. The van der Waals surface area contributed by atoms with Crippen LogP contribution in [0.1, 0.15) is 5.56 Å². The maximum atomic E-state index is 14.3. The minimum Gasteiger partial charge on any atom is -0.335 e. The fraction of sp³-hybridized carbons (Fsp3) is 0.0833. The fourth-order valence-corrected chi connectivity index (χ4v) is 4.06. The highest BCUT2D eigenvalue weighted by molar-refractivity contribution is 5.96. The van der Waals surface area contributed by atoms with Crippen LogP contribution in [0, 0.1) is 5.82 Å². The van der Waals surface area contributed by atoms with E-state index in [1.54, 1.807) is 31.0 Å². The lowest BCUT2D eigenvalue weighted by Crippen LogP contribution is -2.05. The van der Waals surface area contributed by atoms with E-state index < -0.39 is 0 Å². The minimum atomic E-state index is -0.307. The zero-order valence-electron chi connectivity index (χ0n) is 18.0. The molecule has 0 bridgehead atoms. The Hall–Kier alpha value is -4.57. The van der Waals surface area contributed by atoms with Crippen molar-refractivity contribution >= 4 is 22.1 Å². The Morgan fingerprint density at radius 2 is 1.79 bits per heavy atom. The fourth-order valence-electron chi connectivity index (χ4n) is 4.06. The molecule has 0 aliphatic rings. The molecule has 0 unspecified atom stereocenters. The van der Waals surface area contributed by atoms with Crippen LogP contribution in [-0.4, -0.2) is 47.1 Å². The number of hydrogen-bond acceptors (Lipinski definition) is 7. The summed E-state index contributed by atoms with van der Waals surface area (Å²) in [5.41, 5.74) is 6.69. The summed E-state index contributed by atoms with van der Waals surface area (Å²) in [6.45, 7) is 0.557. The second kappa shape index (κ2) is 8.09. The summed E-state index contributed by atoms with van der Waals surface area (Å²) in [4.78, 5) is 25.1. The average Bonchev–Trinajstić information content (AvgIpc) is 3.48. The van der Waals surface area contributed by atoms with Crippen molar-refractivity contribution < 1.29 is 4.39 Å². The van der Waals surface area contributed by atoms with Crippen LogP contribution in [0.15, 0.2) is 61.6 Å². The van der Waals surface area contributed by atoms with Gasteiger partial charge in [-0.1, -0.05) is 0 Å². The zero-order chi connectivity index (χ0) is 23.1. The van der Waals surface area contributed by atoms with Crippen molar-refractivity contribution in [2.24, 2.45) is 0 Å². The van der Waals surface area contributed by atoms with Crippen LogP contribution in [0.3, 0.4) is 0 Å². The molecule has 1 aromatic carbocycles. The molecule has 6 aromatic rings. The standard InChI is InChI=1S/C24H18FN9/c1-26-6-13-2-14(4-17(25)3-13)19-10-27-11-20-21(19)32-24(31-20)22-18-5-15(9-30-23(18)34-33-22)16-7-28-12-29-8-16/h2-5,7-12,26H,6H2,1H3,(H,31,32)(H,30,33,34). The van der Waals surface area contributed by atoms with Crippen molar-refractivity contribution in [2.45, 2.75) is 6.54 Å². The first kappa shape index (κ1) is 20.1. The second-order valence-corrected chi connectivity index (χ2v) is 7.87. The first-order valence-corrected chi connectivity index (χ1v) is 10.6. The molecule has 10 heteroatoms. The largest absolute Gasteiger partial charge is 0.335 e. The van der Waals surface area contributed by atoms with E-state index in [0.29, 0.717) is 34.8 Å². The van der Waals surface area contributed by atoms with E-state index in [1.807, 2.05) is 19.2 Å². The number of aromatic amines is 2. The predicted octanol–water partition coefficient (Wildman–Crippen LogP) is 3.88. The van der Waals surface area contributed by atoms with E-state index in [4.69, 9.17) is 4.98 Å². The van der Waals surface area contributed by atoms with Gasteiger partial charge >= 0.3 is 0 Å². The maximum Gasteiger partial charge on any atom is 0.181 e. The van der Waals surface area contributed by atoms with Gasteiger partial charge in [0.2, 0.25) is 0 Å². The van der Waals surface area contributed by atoms with Crippen LogP contribution in [0.5, 0.6) is 0 Å². The molecule has 5 heterocycles.